The molecular formula is C27H38ClN7O4. The van der Waals surface area contributed by atoms with Gasteiger partial charge in [0, 0.05) is 63.6 Å². The predicted octanol–water partition coefficient (Wildman–Crippen LogP) is 2.15. The number of hydrogen-bond acceptors (Lipinski definition) is 9. The van der Waals surface area contributed by atoms with Crippen LogP contribution in [0.3, 0.4) is 0 Å². The molecule has 12 heteroatoms. The number of anilines is 1. The van der Waals surface area contributed by atoms with Crippen LogP contribution in [-0.2, 0) is 4.79 Å². The smallest absolute Gasteiger partial charge is 0.319 e. The fraction of sp³-hybridized carbons (Fsp3) is 0.481. The molecule has 0 saturated carbocycles. The second-order valence-corrected chi connectivity index (χ2v) is 10.2. The van der Waals surface area contributed by atoms with Crippen LogP contribution in [0.2, 0.25) is 5.02 Å². The Hall–Kier alpha value is -3.41. The highest BCUT2D eigenvalue weighted by Gasteiger charge is 2.27. The SMILES string of the molecule is CNC[C@@H](O)COc1ccc(Cl)c(-c2nc(C(C(C)=O)=C(C)N)c(C)c(N3CCN(C(=O)N(C)C)CC3)n2)c1. The third kappa shape index (κ3) is 7.17. The van der Waals surface area contributed by atoms with Crippen LogP contribution < -0.4 is 20.7 Å². The van der Waals surface area contributed by atoms with Crippen molar-refractivity contribution in [3.8, 4) is 17.1 Å². The summed E-state index contributed by atoms with van der Waals surface area (Å²) in [6.45, 7) is 7.62. The lowest BCUT2D eigenvalue weighted by atomic mass is 10.0. The number of amides is 2. The molecule has 3 rings (SSSR count). The minimum atomic E-state index is -0.684. The van der Waals surface area contributed by atoms with Crippen LogP contribution in [0, 0.1) is 6.92 Å². The molecule has 11 nitrogen and oxygen atoms in total. The Bertz CT molecular complexity index is 1240. The second kappa shape index (κ2) is 13.1. The van der Waals surface area contributed by atoms with Gasteiger partial charge in [0.15, 0.2) is 11.6 Å². The Morgan fingerprint density at radius 3 is 2.44 bits per heavy atom. The minimum absolute atomic E-state index is 0.0422. The lowest BCUT2D eigenvalue weighted by molar-refractivity contribution is -0.111. The van der Waals surface area contributed by atoms with E-state index in [9.17, 15) is 14.7 Å². The molecule has 1 atom stereocenters. The van der Waals surface area contributed by atoms with E-state index in [2.05, 4.69) is 10.2 Å². The largest absolute Gasteiger partial charge is 0.491 e. The van der Waals surface area contributed by atoms with Crippen molar-refractivity contribution in [3.05, 3.63) is 40.2 Å². The fourth-order valence-corrected chi connectivity index (χ4v) is 4.65. The Balaban J connectivity index is 2.07. The van der Waals surface area contributed by atoms with Gasteiger partial charge in [0.05, 0.1) is 16.3 Å². The van der Waals surface area contributed by atoms with Gasteiger partial charge in [-0.3, -0.25) is 4.79 Å². The zero-order chi connectivity index (χ0) is 28.9. The molecule has 2 aromatic rings. The van der Waals surface area contributed by atoms with Crippen molar-refractivity contribution in [2.45, 2.75) is 26.9 Å². The summed E-state index contributed by atoms with van der Waals surface area (Å²) in [6.07, 6.45) is -0.684. The number of rotatable bonds is 9. The summed E-state index contributed by atoms with van der Waals surface area (Å²) in [5.74, 6) is 1.23. The zero-order valence-corrected chi connectivity index (χ0v) is 24.2. The normalized spacial score (nSPS) is 15.1. The van der Waals surface area contributed by atoms with Crippen LogP contribution in [0.4, 0.5) is 10.6 Å². The summed E-state index contributed by atoms with van der Waals surface area (Å²) >= 11 is 6.60. The first-order valence-electron chi connectivity index (χ1n) is 12.8. The van der Waals surface area contributed by atoms with Crippen molar-refractivity contribution in [3.63, 3.8) is 0 Å². The zero-order valence-electron chi connectivity index (χ0n) is 23.4. The van der Waals surface area contributed by atoms with E-state index in [4.69, 9.17) is 32.0 Å². The number of nitrogens with one attached hydrogen (secondary N) is 1. The van der Waals surface area contributed by atoms with Gasteiger partial charge in [-0.05, 0) is 46.0 Å². The molecule has 212 valence electrons. The van der Waals surface area contributed by atoms with Crippen molar-refractivity contribution >= 4 is 34.8 Å². The van der Waals surface area contributed by atoms with Gasteiger partial charge in [-0.1, -0.05) is 11.6 Å². The average Bonchev–Trinajstić information content (AvgIpc) is 2.88. The summed E-state index contributed by atoms with van der Waals surface area (Å²) in [4.78, 5) is 40.2. The fourth-order valence-electron chi connectivity index (χ4n) is 4.45. The van der Waals surface area contributed by atoms with Gasteiger partial charge >= 0.3 is 6.03 Å². The number of aliphatic hydroxyl groups excluding tert-OH is 1. The summed E-state index contributed by atoms with van der Waals surface area (Å²) < 4.78 is 5.78. The van der Waals surface area contributed by atoms with Crippen LogP contribution in [0.15, 0.2) is 23.9 Å². The van der Waals surface area contributed by atoms with Crippen LogP contribution in [0.25, 0.3) is 17.0 Å². The summed E-state index contributed by atoms with van der Waals surface area (Å²) in [7, 11) is 5.21. The number of likely N-dealkylation sites (N-methyl/N-ethyl adjacent to an activating group) is 1. The maximum Gasteiger partial charge on any atom is 0.319 e. The van der Waals surface area contributed by atoms with Crippen molar-refractivity contribution in [1.82, 2.24) is 25.1 Å². The molecule has 1 saturated heterocycles. The summed E-state index contributed by atoms with van der Waals surface area (Å²) in [5.41, 5.74) is 8.46. The molecule has 4 N–H and O–H groups in total. The molecule has 0 aliphatic carbocycles. The standard InChI is InChI=1S/C27H38ClN7O4/c1-16-24(23(17(2)29)18(3)36)31-25(21-13-20(7-8-22(21)28)39-15-19(37)14-30-4)32-26(16)34-9-11-35(12-10-34)27(38)33(5)6/h7-8,13,19,30,37H,9-12,14-15,29H2,1-6H3/t19-/m1/s1. The lowest BCUT2D eigenvalue weighted by Crippen LogP contribution is -2.51. The van der Waals surface area contributed by atoms with Crippen LogP contribution in [0.5, 0.6) is 5.75 Å². The Labute approximate surface area is 234 Å². The molecule has 1 aromatic heterocycles. The third-order valence-electron chi connectivity index (χ3n) is 6.40. The first-order valence-corrected chi connectivity index (χ1v) is 13.1. The van der Waals surface area contributed by atoms with Gasteiger partial charge in [0.1, 0.15) is 24.3 Å². The number of aromatic nitrogens is 2. The van der Waals surface area contributed by atoms with E-state index in [1.165, 1.54) is 6.92 Å². The molecule has 1 aliphatic heterocycles. The number of ketones is 1. The van der Waals surface area contributed by atoms with Gasteiger partial charge in [-0.2, -0.15) is 0 Å². The number of piperazine rings is 1. The first-order chi connectivity index (χ1) is 18.4. The van der Waals surface area contributed by atoms with E-state index >= 15 is 0 Å². The van der Waals surface area contributed by atoms with Crippen molar-refractivity contribution in [2.75, 3.05) is 65.4 Å². The number of allylic oxidation sites excluding steroid dienone is 2. The highest BCUT2D eigenvalue weighted by Crippen LogP contribution is 2.34. The third-order valence-corrected chi connectivity index (χ3v) is 6.73. The molecule has 1 aliphatic rings. The number of nitrogens with zero attached hydrogens (tertiary/aromatic N) is 5. The number of carbonyl (C=O) groups excluding carboxylic acids is 2. The van der Waals surface area contributed by atoms with E-state index in [1.54, 1.807) is 56.1 Å². The highest BCUT2D eigenvalue weighted by molar-refractivity contribution is 6.33. The summed E-state index contributed by atoms with van der Waals surface area (Å²) in [5, 5.41) is 13.3. The van der Waals surface area contributed by atoms with E-state index in [1.807, 2.05) is 6.92 Å². The Morgan fingerprint density at radius 1 is 1.21 bits per heavy atom. The Kier molecular flexibility index (Phi) is 10.1. The van der Waals surface area contributed by atoms with Crippen molar-refractivity contribution in [2.24, 2.45) is 5.73 Å². The number of urea groups is 1. The molecule has 39 heavy (non-hydrogen) atoms. The van der Waals surface area contributed by atoms with Gasteiger partial charge in [-0.15, -0.1) is 0 Å². The van der Waals surface area contributed by atoms with E-state index in [0.717, 1.165) is 0 Å². The number of nitrogens with two attached hydrogens (primary N) is 1. The summed E-state index contributed by atoms with van der Waals surface area (Å²) in [6, 6.07) is 5.06. The molecule has 2 amide bonds. The van der Waals surface area contributed by atoms with Crippen LogP contribution in [-0.4, -0.2) is 103 Å². The molecule has 0 unspecified atom stereocenters. The molecule has 1 fully saturated rings. The molecular weight excluding hydrogens is 522 g/mol. The first kappa shape index (κ1) is 30.1. The number of ether oxygens (including phenoxy) is 1. The van der Waals surface area contributed by atoms with Gasteiger partial charge in [0.25, 0.3) is 0 Å². The quantitative estimate of drug-likeness (QED) is 0.394. The number of aliphatic hydroxyl groups is 1. The maximum atomic E-state index is 12.6. The topological polar surface area (TPSA) is 137 Å². The van der Waals surface area contributed by atoms with E-state index in [-0.39, 0.29) is 18.4 Å². The van der Waals surface area contributed by atoms with Crippen LogP contribution in [0.1, 0.15) is 25.1 Å². The lowest BCUT2D eigenvalue weighted by Gasteiger charge is -2.37. The molecule has 2 heterocycles. The number of Topliss-reactive ketones (excluding diaryl/α,β-unsaturated/α-hetero) is 1. The Morgan fingerprint density at radius 2 is 1.87 bits per heavy atom. The average molecular weight is 560 g/mol. The van der Waals surface area contributed by atoms with Gasteiger partial charge in [-0.25, -0.2) is 14.8 Å². The number of benzene rings is 1. The van der Waals surface area contributed by atoms with E-state index in [0.29, 0.717) is 83.2 Å². The van der Waals surface area contributed by atoms with Crippen molar-refractivity contribution < 1.29 is 19.4 Å². The monoisotopic (exact) mass is 559 g/mol. The molecule has 0 bridgehead atoms. The number of halogens is 1. The second-order valence-electron chi connectivity index (χ2n) is 9.77. The van der Waals surface area contributed by atoms with Gasteiger partial charge in [0.2, 0.25) is 0 Å². The van der Waals surface area contributed by atoms with Crippen molar-refractivity contribution in [1.29, 1.82) is 0 Å². The predicted molar refractivity (Wildman–Crippen MR) is 153 cm³/mol. The number of carbonyl (C=O) groups is 2. The van der Waals surface area contributed by atoms with E-state index < -0.39 is 6.10 Å². The maximum absolute atomic E-state index is 12.6. The molecule has 0 spiro atoms. The van der Waals surface area contributed by atoms with Crippen LogP contribution >= 0.6 is 11.6 Å². The highest BCUT2D eigenvalue weighted by atomic mass is 35.5. The van der Waals surface area contributed by atoms with Gasteiger partial charge < -0.3 is 35.6 Å². The molecule has 0 radical (unpaired) electrons. The minimum Gasteiger partial charge on any atom is -0.491 e. The number of hydrogen-bond donors (Lipinski definition) is 3. The molecule has 1 aromatic carbocycles.